The summed E-state index contributed by atoms with van der Waals surface area (Å²) in [5.41, 5.74) is -2.02. The van der Waals surface area contributed by atoms with E-state index in [1.54, 1.807) is 39.0 Å². The number of fused-ring (bicyclic) bond motifs is 3. The third-order valence-corrected chi connectivity index (χ3v) is 13.3. The van der Waals surface area contributed by atoms with E-state index in [1.165, 1.54) is 18.2 Å². The lowest BCUT2D eigenvalue weighted by molar-refractivity contribution is -0.160. The summed E-state index contributed by atoms with van der Waals surface area (Å²) in [4.78, 5) is 62.6. The third kappa shape index (κ3) is 8.88. The molecule has 3 heterocycles. The lowest BCUT2D eigenvalue weighted by atomic mass is 9.82. The fourth-order valence-electron chi connectivity index (χ4n) is 8.13. The van der Waals surface area contributed by atoms with Gasteiger partial charge in [-0.2, -0.15) is 0 Å². The van der Waals surface area contributed by atoms with E-state index >= 15 is 0 Å². The van der Waals surface area contributed by atoms with Crippen molar-refractivity contribution in [2.45, 2.75) is 115 Å². The molecular weight excluding hydrogens is 734 g/mol. The minimum Gasteiger partial charge on any atom is -0.494 e. The van der Waals surface area contributed by atoms with E-state index in [9.17, 15) is 27.6 Å². The summed E-state index contributed by atoms with van der Waals surface area (Å²) in [7, 11) is -2.32. The second kappa shape index (κ2) is 15.4. The van der Waals surface area contributed by atoms with Crippen LogP contribution in [0.1, 0.15) is 92.4 Å². The molecule has 54 heavy (non-hydrogen) atoms. The van der Waals surface area contributed by atoms with Crippen LogP contribution in [-0.2, 0) is 33.9 Å². The van der Waals surface area contributed by atoms with Crippen LogP contribution < -0.4 is 14.2 Å². The van der Waals surface area contributed by atoms with Crippen molar-refractivity contribution in [2.75, 3.05) is 13.7 Å². The van der Waals surface area contributed by atoms with Crippen LogP contribution in [0, 0.1) is 29.1 Å². The van der Waals surface area contributed by atoms with Crippen LogP contribution in [0.25, 0.3) is 10.8 Å². The minimum absolute atomic E-state index is 0.0245. The molecule has 1 aromatic heterocycles. The predicted molar refractivity (Wildman–Crippen MR) is 203 cm³/mol. The van der Waals surface area contributed by atoms with Crippen molar-refractivity contribution < 1.29 is 41.8 Å². The van der Waals surface area contributed by atoms with E-state index in [2.05, 4.69) is 16.6 Å². The van der Waals surface area contributed by atoms with Gasteiger partial charge in [0, 0.05) is 28.6 Å². The van der Waals surface area contributed by atoms with Crippen LogP contribution in [0.2, 0.25) is 5.02 Å². The number of ketones is 1. The average Bonchev–Trinajstić information content (AvgIpc) is 4.01. The van der Waals surface area contributed by atoms with Gasteiger partial charge in [0.05, 0.1) is 48.9 Å². The normalized spacial score (nSPS) is 30.0. The Hall–Kier alpha value is -3.71. The molecule has 1 aromatic carbocycles. The van der Waals surface area contributed by atoms with Gasteiger partial charge in [-0.05, 0) is 95.2 Å². The first-order valence-electron chi connectivity index (χ1n) is 19.0. The summed E-state index contributed by atoms with van der Waals surface area (Å²) in [6.45, 7) is 9.42. The van der Waals surface area contributed by atoms with E-state index in [0.29, 0.717) is 53.6 Å². The fourth-order valence-corrected chi connectivity index (χ4v) is 9.69. The molecule has 0 unspecified atom stereocenters. The van der Waals surface area contributed by atoms with E-state index in [4.69, 9.17) is 25.8 Å². The largest absolute Gasteiger partial charge is 0.494 e. The number of sulfonamides is 1. The summed E-state index contributed by atoms with van der Waals surface area (Å²) in [5.74, 6) is -2.28. The highest BCUT2D eigenvalue weighted by Crippen LogP contribution is 2.57. The number of ether oxygens (including phenoxy) is 3. The molecule has 2 saturated carbocycles. The van der Waals surface area contributed by atoms with Gasteiger partial charge in [-0.15, -0.1) is 0 Å². The number of hydrogen-bond donors (Lipinski definition) is 1. The lowest BCUT2D eigenvalue weighted by Crippen LogP contribution is -2.47. The quantitative estimate of drug-likeness (QED) is 0.242. The van der Waals surface area contributed by atoms with Crippen LogP contribution in [0.15, 0.2) is 36.5 Å². The van der Waals surface area contributed by atoms with Crippen molar-refractivity contribution in [3.63, 3.8) is 0 Å². The number of Topliss-reactive ketones (excluding diaryl/α,β-unsaturated/α-hetero) is 1. The average molecular weight is 786 g/mol. The smallest absolute Gasteiger partial charge is 0.307 e. The number of esters is 1. The van der Waals surface area contributed by atoms with Crippen molar-refractivity contribution in [1.82, 2.24) is 14.6 Å². The molecule has 0 bridgehead atoms. The van der Waals surface area contributed by atoms with E-state index in [0.717, 1.165) is 6.42 Å². The molecule has 2 amide bonds. The number of amides is 2. The zero-order valence-corrected chi connectivity index (χ0v) is 33.5. The monoisotopic (exact) mass is 785 g/mol. The molecule has 4 aliphatic rings. The van der Waals surface area contributed by atoms with Gasteiger partial charge in [-0.3, -0.25) is 23.9 Å². The minimum atomic E-state index is -3.86. The van der Waals surface area contributed by atoms with Crippen LogP contribution >= 0.6 is 11.6 Å². The first-order chi connectivity index (χ1) is 25.4. The van der Waals surface area contributed by atoms with Crippen molar-refractivity contribution in [1.29, 1.82) is 0 Å². The maximum absolute atomic E-state index is 14.8. The van der Waals surface area contributed by atoms with Gasteiger partial charge in [-0.1, -0.05) is 37.6 Å². The Morgan fingerprint density at radius 1 is 1.09 bits per heavy atom. The van der Waals surface area contributed by atoms with Crippen LogP contribution in [-0.4, -0.2) is 78.5 Å². The van der Waals surface area contributed by atoms with Gasteiger partial charge < -0.3 is 19.1 Å². The molecule has 3 fully saturated rings. The van der Waals surface area contributed by atoms with Crippen LogP contribution in [0.4, 0.5) is 0 Å². The highest BCUT2D eigenvalue weighted by Gasteiger charge is 2.61. The number of carbonyl (C=O) groups is 4. The number of rotatable bonds is 8. The predicted octanol–water partition coefficient (Wildman–Crippen LogP) is 6.18. The summed E-state index contributed by atoms with van der Waals surface area (Å²) in [6, 6.07) is 4.25. The number of benzene rings is 1. The summed E-state index contributed by atoms with van der Waals surface area (Å²) < 4.78 is 45.8. The van der Waals surface area contributed by atoms with Gasteiger partial charge in [0.1, 0.15) is 17.5 Å². The number of pyridine rings is 1. The van der Waals surface area contributed by atoms with E-state index in [1.807, 2.05) is 19.1 Å². The molecule has 2 aliphatic carbocycles. The Balaban J connectivity index is 1.36. The second-order valence-corrected chi connectivity index (χ2v) is 19.2. The molecule has 12 nitrogen and oxygen atoms in total. The van der Waals surface area contributed by atoms with Crippen molar-refractivity contribution in [3.05, 3.63) is 41.6 Å². The van der Waals surface area contributed by atoms with Gasteiger partial charge in [0.15, 0.2) is 5.78 Å². The highest BCUT2D eigenvalue weighted by atomic mass is 35.5. The van der Waals surface area contributed by atoms with E-state index < -0.39 is 56.2 Å². The summed E-state index contributed by atoms with van der Waals surface area (Å²) in [5, 5.41) is 1.16. The zero-order chi connectivity index (χ0) is 39.2. The number of hydrogen-bond acceptors (Lipinski definition) is 10. The first kappa shape index (κ1) is 40.0. The van der Waals surface area contributed by atoms with Gasteiger partial charge in [0.2, 0.25) is 27.7 Å². The SMILES string of the molecule is COc1cnc(O[C@@H]2C[C@H]3C(=O)C[C@]4(C(=O)NS(=O)(=O)C5CC5)C[C@H]4/C=C\CC[C@H](C)C[C@@H](C)[C@H](CC(=O)OC(C)(C)C)C(=O)N3C2)c2cc(Cl)ccc12. The Labute approximate surface area is 322 Å². The molecule has 1 saturated heterocycles. The van der Waals surface area contributed by atoms with Crippen LogP contribution in [0.3, 0.4) is 0 Å². The summed E-state index contributed by atoms with van der Waals surface area (Å²) in [6.07, 6.45) is 7.97. The molecule has 7 atom stereocenters. The molecule has 6 rings (SSSR count). The number of allylic oxidation sites excluding steroid dienone is 2. The number of nitrogens with one attached hydrogen (secondary N) is 1. The topological polar surface area (TPSA) is 158 Å². The first-order valence-corrected chi connectivity index (χ1v) is 20.9. The Kier molecular flexibility index (Phi) is 11.4. The number of nitrogens with zero attached hydrogens (tertiary/aromatic N) is 2. The molecular formula is C40H52ClN3O9S. The number of methoxy groups -OCH3 is 1. The molecule has 0 spiro atoms. The fraction of sp³-hybridized carbons (Fsp3) is 0.625. The standard InChI is InChI=1S/C40H52ClN3O9S/c1-23-9-7-8-10-25-19-40(25,38(48)43-54(49,50)28-12-13-28)20-33(45)32-17-27(52-36-31-16-26(41)11-14-29(31)34(51-6)21-42-36)22-44(32)37(47)30(24(2)15-23)18-35(46)53-39(3,4)5/h8,10-11,14,16,21,23-25,27-28,30,32H,7,9,12-13,15,17-20,22H2,1-6H3,(H,43,48)/b10-8-/t23-,24+,25+,27+,30-,32-,40+/m0/s1. The number of aromatic nitrogens is 1. The van der Waals surface area contributed by atoms with Crippen molar-refractivity contribution in [3.8, 4) is 11.6 Å². The molecule has 2 aromatic rings. The second-order valence-electron chi connectivity index (χ2n) is 16.8. The maximum Gasteiger partial charge on any atom is 0.307 e. The molecule has 0 radical (unpaired) electrons. The van der Waals surface area contributed by atoms with Crippen molar-refractivity contribution in [2.24, 2.45) is 29.1 Å². The Bertz CT molecular complexity index is 1940. The van der Waals surface area contributed by atoms with Crippen molar-refractivity contribution >= 4 is 56.0 Å². The molecule has 2 aliphatic heterocycles. The van der Waals surface area contributed by atoms with Crippen LogP contribution in [0.5, 0.6) is 11.6 Å². The van der Waals surface area contributed by atoms with Gasteiger partial charge >= 0.3 is 5.97 Å². The molecule has 294 valence electrons. The van der Waals surface area contributed by atoms with E-state index in [-0.39, 0.29) is 61.1 Å². The van der Waals surface area contributed by atoms with Gasteiger partial charge in [0.25, 0.3) is 0 Å². The Morgan fingerprint density at radius 2 is 1.83 bits per heavy atom. The van der Waals surface area contributed by atoms with Gasteiger partial charge in [-0.25, -0.2) is 13.4 Å². The number of halogens is 1. The molecule has 1 N–H and O–H groups in total. The number of carbonyl (C=O) groups excluding carboxylic acids is 4. The lowest BCUT2D eigenvalue weighted by Gasteiger charge is -2.32. The molecule has 14 heteroatoms. The zero-order valence-electron chi connectivity index (χ0n) is 31.9. The summed E-state index contributed by atoms with van der Waals surface area (Å²) >= 11 is 6.37. The Morgan fingerprint density at radius 3 is 2.52 bits per heavy atom. The third-order valence-electron chi connectivity index (χ3n) is 11.2. The maximum atomic E-state index is 14.8. The highest BCUT2D eigenvalue weighted by molar-refractivity contribution is 7.90.